The molecule has 49 heavy (non-hydrogen) atoms. The van der Waals surface area contributed by atoms with Crippen molar-refractivity contribution in [2.24, 2.45) is 0 Å². The van der Waals surface area contributed by atoms with Gasteiger partial charge in [0, 0.05) is 37.1 Å². The van der Waals surface area contributed by atoms with Gasteiger partial charge in [-0.15, -0.1) is 0 Å². The number of aryl methyl sites for hydroxylation is 1. The smallest absolute Gasteiger partial charge is 0.287 e. The summed E-state index contributed by atoms with van der Waals surface area (Å²) < 4.78 is 5.83. The van der Waals surface area contributed by atoms with Crippen LogP contribution in [-0.4, -0.2) is 29.8 Å². The Morgan fingerprint density at radius 1 is 0.980 bits per heavy atom. The van der Waals surface area contributed by atoms with Gasteiger partial charge in [0.25, 0.3) is 5.91 Å². The summed E-state index contributed by atoms with van der Waals surface area (Å²) in [6.07, 6.45) is 9.90. The highest BCUT2D eigenvalue weighted by atomic mass is 35.5. The van der Waals surface area contributed by atoms with Gasteiger partial charge in [-0.1, -0.05) is 92.0 Å². The highest BCUT2D eigenvalue weighted by molar-refractivity contribution is 6.30. The quantitative estimate of drug-likeness (QED) is 0.188. The molecule has 1 aliphatic carbocycles. The number of amides is 2. The average molecular weight is 681 g/mol. The first-order valence-corrected chi connectivity index (χ1v) is 18.0. The first-order valence-electron chi connectivity index (χ1n) is 17.7. The van der Waals surface area contributed by atoms with Gasteiger partial charge in [0.1, 0.15) is 5.58 Å². The highest BCUT2D eigenvalue weighted by Crippen LogP contribution is 2.37. The van der Waals surface area contributed by atoms with E-state index >= 15 is 0 Å². The molecule has 258 valence electrons. The lowest BCUT2D eigenvalue weighted by Gasteiger charge is -2.30. The summed E-state index contributed by atoms with van der Waals surface area (Å²) in [6, 6.07) is 23.3. The predicted octanol–water partition coefficient (Wildman–Crippen LogP) is 9.66. The molecule has 2 fully saturated rings. The van der Waals surface area contributed by atoms with Crippen molar-refractivity contribution < 1.29 is 14.0 Å². The Labute approximate surface area is 295 Å². The SMILES string of the molecule is CCC(C)(C)c1ccc2oc(C(=O)NCC=C3CCC(c4ccccc4CN4CCCCC4=O)CC3)cc(=O)c2c1.Cc1ccc(Cl)cc1. The lowest BCUT2D eigenvalue weighted by molar-refractivity contribution is -0.133. The third kappa shape index (κ3) is 9.51. The molecular weight excluding hydrogens is 632 g/mol. The lowest BCUT2D eigenvalue weighted by atomic mass is 9.79. The van der Waals surface area contributed by atoms with Gasteiger partial charge in [-0.3, -0.25) is 14.4 Å². The fourth-order valence-electron chi connectivity index (χ4n) is 6.62. The van der Waals surface area contributed by atoms with E-state index in [0.29, 0.717) is 36.4 Å². The molecule has 0 atom stereocenters. The lowest BCUT2D eigenvalue weighted by Crippen LogP contribution is -2.35. The molecule has 1 saturated carbocycles. The zero-order valence-electron chi connectivity index (χ0n) is 29.3. The summed E-state index contributed by atoms with van der Waals surface area (Å²) in [6.45, 7) is 10.4. The zero-order valence-corrected chi connectivity index (χ0v) is 30.1. The predicted molar refractivity (Wildman–Crippen MR) is 199 cm³/mol. The van der Waals surface area contributed by atoms with E-state index in [0.717, 1.165) is 62.1 Å². The molecule has 1 saturated heterocycles. The van der Waals surface area contributed by atoms with Crippen LogP contribution in [0.5, 0.6) is 0 Å². The van der Waals surface area contributed by atoms with Crippen molar-refractivity contribution in [3.63, 3.8) is 0 Å². The third-order valence-electron chi connectivity index (χ3n) is 10.2. The maximum Gasteiger partial charge on any atom is 0.287 e. The Bertz CT molecular complexity index is 1830. The van der Waals surface area contributed by atoms with Gasteiger partial charge < -0.3 is 14.6 Å². The molecule has 0 unspecified atom stereocenters. The minimum Gasteiger partial charge on any atom is -0.451 e. The van der Waals surface area contributed by atoms with Crippen LogP contribution in [0.2, 0.25) is 5.02 Å². The van der Waals surface area contributed by atoms with Gasteiger partial charge in [-0.25, -0.2) is 0 Å². The van der Waals surface area contributed by atoms with Crippen molar-refractivity contribution in [3.8, 4) is 0 Å². The van der Waals surface area contributed by atoms with Crippen molar-refractivity contribution in [1.29, 1.82) is 0 Å². The van der Waals surface area contributed by atoms with Crippen molar-refractivity contribution in [2.75, 3.05) is 13.1 Å². The largest absolute Gasteiger partial charge is 0.451 e. The number of carbonyl (C=O) groups is 2. The Morgan fingerprint density at radius 2 is 1.71 bits per heavy atom. The van der Waals surface area contributed by atoms with E-state index in [1.165, 1.54) is 28.3 Å². The van der Waals surface area contributed by atoms with Crippen molar-refractivity contribution in [3.05, 3.63) is 128 Å². The molecule has 2 amide bonds. The number of benzene rings is 3. The molecule has 0 radical (unpaired) electrons. The number of hydrogen-bond acceptors (Lipinski definition) is 4. The van der Waals surface area contributed by atoms with Crippen LogP contribution in [0.3, 0.4) is 0 Å². The molecule has 6 rings (SSSR count). The second-order valence-electron chi connectivity index (χ2n) is 14.0. The molecule has 1 N–H and O–H groups in total. The molecule has 1 aromatic heterocycles. The number of halogens is 1. The number of likely N-dealkylation sites (tertiary alicyclic amines) is 1. The number of fused-ring (bicyclic) bond motifs is 1. The summed E-state index contributed by atoms with van der Waals surface area (Å²) in [7, 11) is 0. The maximum absolute atomic E-state index is 12.8. The van der Waals surface area contributed by atoms with Crippen LogP contribution < -0.4 is 10.7 Å². The van der Waals surface area contributed by atoms with Gasteiger partial charge in [0.15, 0.2) is 11.2 Å². The molecule has 4 aromatic rings. The van der Waals surface area contributed by atoms with Crippen molar-refractivity contribution in [1.82, 2.24) is 10.2 Å². The summed E-state index contributed by atoms with van der Waals surface area (Å²) >= 11 is 5.61. The standard InChI is InChI=1S/C35H42N2O4.C7H7Cl/c1-4-35(2,3)27-16-17-31-29(21-27)30(38)22-32(41-31)34(40)36-19-18-24-12-14-25(15-13-24)28-10-6-5-9-26(28)23-37-20-8-7-11-33(37)39;1-6-2-4-7(8)5-3-6/h5-6,9-10,16-18,21-22,25H,4,7-8,11-15,19-20,23H2,1-3H3,(H,36,40);2-5H,1H3. The van der Waals surface area contributed by atoms with E-state index in [1.807, 2.05) is 48.2 Å². The van der Waals surface area contributed by atoms with E-state index in [2.05, 4.69) is 56.4 Å². The maximum atomic E-state index is 12.8. The molecule has 2 heterocycles. The summed E-state index contributed by atoms with van der Waals surface area (Å²) in [5.74, 6) is 0.410. The second-order valence-corrected chi connectivity index (χ2v) is 14.5. The van der Waals surface area contributed by atoms with Crippen LogP contribution >= 0.6 is 11.6 Å². The van der Waals surface area contributed by atoms with E-state index in [4.69, 9.17) is 16.0 Å². The van der Waals surface area contributed by atoms with Crippen LogP contribution in [0, 0.1) is 6.92 Å². The van der Waals surface area contributed by atoms with Gasteiger partial charge in [0.05, 0.1) is 5.39 Å². The van der Waals surface area contributed by atoms with Crippen molar-refractivity contribution in [2.45, 2.75) is 96.9 Å². The minimum absolute atomic E-state index is 0.0379. The van der Waals surface area contributed by atoms with Gasteiger partial charge in [0.2, 0.25) is 5.91 Å². The van der Waals surface area contributed by atoms with Crippen molar-refractivity contribution >= 4 is 34.4 Å². The number of rotatable bonds is 8. The van der Waals surface area contributed by atoms with Crippen LogP contribution in [-0.2, 0) is 16.8 Å². The Balaban J connectivity index is 0.000000514. The molecule has 7 heteroatoms. The highest BCUT2D eigenvalue weighted by Gasteiger charge is 2.24. The fraction of sp³-hybridized carbons (Fsp3) is 0.405. The molecule has 3 aromatic carbocycles. The van der Waals surface area contributed by atoms with Crippen LogP contribution in [0.4, 0.5) is 0 Å². The van der Waals surface area contributed by atoms with Gasteiger partial charge in [-0.05, 0) is 104 Å². The first kappa shape index (κ1) is 36.1. The number of nitrogens with one attached hydrogen (secondary N) is 1. The number of piperidine rings is 1. The van der Waals surface area contributed by atoms with Crippen LogP contribution in [0.1, 0.15) is 111 Å². The molecule has 0 spiro atoms. The van der Waals surface area contributed by atoms with E-state index < -0.39 is 0 Å². The molecule has 2 aliphatic rings. The number of hydrogen-bond donors (Lipinski definition) is 1. The topological polar surface area (TPSA) is 79.6 Å². The Kier molecular flexibility index (Phi) is 12.2. The molecule has 0 bridgehead atoms. The number of allylic oxidation sites excluding steroid dienone is 1. The second kappa shape index (κ2) is 16.5. The van der Waals surface area contributed by atoms with Gasteiger partial charge >= 0.3 is 0 Å². The average Bonchev–Trinajstić information content (AvgIpc) is 3.11. The van der Waals surface area contributed by atoms with E-state index in [9.17, 15) is 14.4 Å². The number of carbonyl (C=O) groups excluding carboxylic acids is 2. The third-order valence-corrected chi connectivity index (χ3v) is 10.4. The molecule has 1 aliphatic heterocycles. The summed E-state index contributed by atoms with van der Waals surface area (Å²) in [4.78, 5) is 40.0. The molecular formula is C42H49ClN2O4. The van der Waals surface area contributed by atoms with E-state index in [-0.39, 0.29) is 28.4 Å². The van der Waals surface area contributed by atoms with Crippen LogP contribution in [0.15, 0.2) is 93.7 Å². The number of nitrogens with zero attached hydrogens (tertiary/aromatic N) is 1. The van der Waals surface area contributed by atoms with Gasteiger partial charge in [-0.2, -0.15) is 0 Å². The fourth-order valence-corrected chi connectivity index (χ4v) is 6.74. The van der Waals surface area contributed by atoms with E-state index in [1.54, 1.807) is 6.07 Å². The zero-order chi connectivity index (χ0) is 35.0. The summed E-state index contributed by atoms with van der Waals surface area (Å²) in [5, 5.41) is 4.20. The monoisotopic (exact) mass is 680 g/mol. The normalized spacial score (nSPS) is 16.6. The molecule has 6 nitrogen and oxygen atoms in total. The Morgan fingerprint density at radius 3 is 2.41 bits per heavy atom. The summed E-state index contributed by atoms with van der Waals surface area (Å²) in [5.41, 5.74) is 6.50. The first-order chi connectivity index (χ1) is 23.5. The minimum atomic E-state index is -0.381. The van der Waals surface area contributed by atoms with Crippen LogP contribution in [0.25, 0.3) is 11.0 Å². The Hall–Kier alpha value is -4.16.